The Bertz CT molecular complexity index is 434. The Morgan fingerprint density at radius 1 is 1.26 bits per heavy atom. The standard InChI is InChI=1S/C14H19N3OS/c18-13-11-19-14(12-5-1-2-6-15-12)17(13)10-9-16-7-3-4-8-16/h1-2,5-6,14H,3-4,7-11H2. The first-order valence-electron chi connectivity index (χ1n) is 6.89. The third-order valence-corrected chi connectivity index (χ3v) is 4.99. The van der Waals surface area contributed by atoms with Crippen LogP contribution in [0.4, 0.5) is 0 Å². The summed E-state index contributed by atoms with van der Waals surface area (Å²) in [4.78, 5) is 20.9. The quantitative estimate of drug-likeness (QED) is 0.840. The van der Waals surface area contributed by atoms with E-state index in [0.29, 0.717) is 5.75 Å². The van der Waals surface area contributed by atoms with Crippen molar-refractivity contribution in [3.63, 3.8) is 0 Å². The molecule has 3 heterocycles. The molecule has 102 valence electrons. The Hall–Kier alpha value is -1.07. The zero-order valence-corrected chi connectivity index (χ0v) is 11.8. The van der Waals surface area contributed by atoms with E-state index in [4.69, 9.17) is 0 Å². The molecular formula is C14H19N3OS. The molecule has 2 aliphatic heterocycles. The van der Waals surface area contributed by atoms with Gasteiger partial charge in [-0.2, -0.15) is 0 Å². The first-order chi connectivity index (χ1) is 9.34. The lowest BCUT2D eigenvalue weighted by molar-refractivity contribution is -0.128. The Kier molecular flexibility index (Phi) is 4.03. The van der Waals surface area contributed by atoms with E-state index in [1.807, 2.05) is 23.1 Å². The van der Waals surface area contributed by atoms with E-state index in [9.17, 15) is 4.79 Å². The minimum atomic E-state index is 0.108. The predicted octanol–water partition coefficient (Wildman–Crippen LogP) is 1.75. The maximum absolute atomic E-state index is 12.0. The van der Waals surface area contributed by atoms with Crippen molar-refractivity contribution >= 4 is 17.7 Å². The fourth-order valence-corrected chi connectivity index (χ4v) is 3.90. The number of amides is 1. The average Bonchev–Trinajstić information content (AvgIpc) is 3.07. The molecule has 0 aromatic carbocycles. The minimum Gasteiger partial charge on any atom is -0.323 e. The maximum Gasteiger partial charge on any atom is 0.233 e. The van der Waals surface area contributed by atoms with Crippen LogP contribution in [0.15, 0.2) is 24.4 Å². The highest BCUT2D eigenvalue weighted by atomic mass is 32.2. The molecule has 0 aliphatic carbocycles. The maximum atomic E-state index is 12.0. The van der Waals surface area contributed by atoms with Crippen LogP contribution in [0.1, 0.15) is 23.9 Å². The van der Waals surface area contributed by atoms with Crippen LogP contribution in [0.3, 0.4) is 0 Å². The summed E-state index contributed by atoms with van der Waals surface area (Å²) in [6.45, 7) is 4.19. The molecule has 2 saturated heterocycles. The summed E-state index contributed by atoms with van der Waals surface area (Å²) in [7, 11) is 0. The molecule has 1 aromatic heterocycles. The van der Waals surface area contributed by atoms with Gasteiger partial charge < -0.3 is 9.80 Å². The van der Waals surface area contributed by atoms with Gasteiger partial charge in [-0.1, -0.05) is 6.07 Å². The van der Waals surface area contributed by atoms with E-state index >= 15 is 0 Å². The van der Waals surface area contributed by atoms with Gasteiger partial charge in [0.25, 0.3) is 0 Å². The molecule has 0 N–H and O–H groups in total. The fraction of sp³-hybridized carbons (Fsp3) is 0.571. The molecule has 0 spiro atoms. The molecule has 19 heavy (non-hydrogen) atoms. The van der Waals surface area contributed by atoms with Crippen molar-refractivity contribution in [2.24, 2.45) is 0 Å². The number of hydrogen-bond acceptors (Lipinski definition) is 4. The first kappa shape index (κ1) is 12.9. The van der Waals surface area contributed by atoms with Gasteiger partial charge in [-0.05, 0) is 38.1 Å². The highest BCUT2D eigenvalue weighted by molar-refractivity contribution is 8.00. The number of pyridine rings is 1. The van der Waals surface area contributed by atoms with Crippen LogP contribution in [0.5, 0.6) is 0 Å². The van der Waals surface area contributed by atoms with Crippen LogP contribution >= 0.6 is 11.8 Å². The van der Waals surface area contributed by atoms with Gasteiger partial charge in [0.05, 0.1) is 11.4 Å². The van der Waals surface area contributed by atoms with Crippen molar-refractivity contribution in [1.29, 1.82) is 0 Å². The number of likely N-dealkylation sites (tertiary alicyclic amines) is 1. The fourth-order valence-electron chi connectivity index (χ4n) is 2.72. The summed E-state index contributed by atoms with van der Waals surface area (Å²) >= 11 is 1.69. The molecule has 1 unspecified atom stereocenters. The molecule has 0 radical (unpaired) electrons. The number of carbonyl (C=O) groups is 1. The lowest BCUT2D eigenvalue weighted by atomic mass is 10.3. The van der Waals surface area contributed by atoms with Gasteiger partial charge >= 0.3 is 0 Å². The average molecular weight is 277 g/mol. The molecule has 5 heteroatoms. The van der Waals surface area contributed by atoms with Gasteiger partial charge in [-0.15, -0.1) is 11.8 Å². The molecule has 1 atom stereocenters. The van der Waals surface area contributed by atoms with Gasteiger partial charge in [-0.3, -0.25) is 9.78 Å². The smallest absolute Gasteiger partial charge is 0.233 e. The van der Waals surface area contributed by atoms with Crippen molar-refractivity contribution in [1.82, 2.24) is 14.8 Å². The molecule has 1 aromatic rings. The molecule has 3 rings (SSSR count). The number of rotatable bonds is 4. The zero-order chi connectivity index (χ0) is 13.1. The molecule has 2 fully saturated rings. The predicted molar refractivity (Wildman–Crippen MR) is 76.8 cm³/mol. The lowest BCUT2D eigenvalue weighted by Gasteiger charge is -2.26. The largest absolute Gasteiger partial charge is 0.323 e. The number of aromatic nitrogens is 1. The van der Waals surface area contributed by atoms with E-state index in [1.54, 1.807) is 18.0 Å². The normalized spacial score (nSPS) is 24.3. The Labute approximate surface area is 118 Å². The van der Waals surface area contributed by atoms with E-state index in [-0.39, 0.29) is 11.3 Å². The molecular weight excluding hydrogens is 258 g/mol. The minimum absolute atomic E-state index is 0.108. The molecule has 1 amide bonds. The van der Waals surface area contributed by atoms with Gasteiger partial charge in [0.15, 0.2) is 0 Å². The Morgan fingerprint density at radius 3 is 2.84 bits per heavy atom. The monoisotopic (exact) mass is 277 g/mol. The summed E-state index contributed by atoms with van der Waals surface area (Å²) in [5.74, 6) is 0.834. The third kappa shape index (κ3) is 2.92. The van der Waals surface area contributed by atoms with Gasteiger partial charge in [0.1, 0.15) is 5.37 Å². The Morgan fingerprint density at radius 2 is 2.11 bits per heavy atom. The number of nitrogens with zero attached hydrogens (tertiary/aromatic N) is 3. The second-order valence-electron chi connectivity index (χ2n) is 5.05. The first-order valence-corrected chi connectivity index (χ1v) is 7.94. The topological polar surface area (TPSA) is 36.4 Å². The van der Waals surface area contributed by atoms with Crippen molar-refractivity contribution in [2.75, 3.05) is 31.9 Å². The van der Waals surface area contributed by atoms with Crippen LogP contribution in [0.2, 0.25) is 0 Å². The van der Waals surface area contributed by atoms with E-state index in [0.717, 1.165) is 18.8 Å². The van der Waals surface area contributed by atoms with E-state index in [1.165, 1.54) is 25.9 Å². The molecule has 0 saturated carbocycles. The van der Waals surface area contributed by atoms with Crippen LogP contribution in [-0.2, 0) is 4.79 Å². The summed E-state index contributed by atoms with van der Waals surface area (Å²) in [6.07, 6.45) is 4.40. The van der Waals surface area contributed by atoms with Crippen molar-refractivity contribution in [3.05, 3.63) is 30.1 Å². The van der Waals surface area contributed by atoms with Crippen molar-refractivity contribution in [2.45, 2.75) is 18.2 Å². The van der Waals surface area contributed by atoms with E-state index < -0.39 is 0 Å². The van der Waals surface area contributed by atoms with Gasteiger partial charge in [0, 0.05) is 19.3 Å². The summed E-state index contributed by atoms with van der Waals surface area (Å²) in [6, 6.07) is 5.92. The lowest BCUT2D eigenvalue weighted by Crippen LogP contribution is -2.36. The SMILES string of the molecule is O=C1CSC(c2ccccn2)N1CCN1CCCC1. The van der Waals surface area contributed by atoms with Crippen molar-refractivity contribution in [3.8, 4) is 0 Å². The number of hydrogen-bond donors (Lipinski definition) is 0. The molecule has 2 aliphatic rings. The van der Waals surface area contributed by atoms with E-state index in [2.05, 4.69) is 9.88 Å². The van der Waals surface area contributed by atoms with Gasteiger partial charge in [0.2, 0.25) is 5.91 Å². The summed E-state index contributed by atoms with van der Waals surface area (Å²) in [5.41, 5.74) is 1.000. The summed E-state index contributed by atoms with van der Waals surface area (Å²) in [5, 5.41) is 0.108. The second kappa shape index (κ2) is 5.92. The zero-order valence-electron chi connectivity index (χ0n) is 11.0. The number of thioether (sulfide) groups is 1. The van der Waals surface area contributed by atoms with Gasteiger partial charge in [-0.25, -0.2) is 0 Å². The van der Waals surface area contributed by atoms with Crippen LogP contribution < -0.4 is 0 Å². The van der Waals surface area contributed by atoms with Crippen LogP contribution in [0.25, 0.3) is 0 Å². The molecule has 0 bridgehead atoms. The van der Waals surface area contributed by atoms with Crippen LogP contribution in [0, 0.1) is 0 Å². The highest BCUT2D eigenvalue weighted by Gasteiger charge is 2.33. The second-order valence-corrected chi connectivity index (χ2v) is 6.12. The van der Waals surface area contributed by atoms with Crippen LogP contribution in [-0.4, -0.2) is 52.6 Å². The van der Waals surface area contributed by atoms with Crippen molar-refractivity contribution < 1.29 is 4.79 Å². The summed E-state index contributed by atoms with van der Waals surface area (Å²) < 4.78 is 0. The highest BCUT2D eigenvalue weighted by Crippen LogP contribution is 2.37. The molecule has 4 nitrogen and oxygen atoms in total. The number of carbonyl (C=O) groups excluding carboxylic acids is 1. The Balaban J connectivity index is 1.65. The third-order valence-electron chi connectivity index (χ3n) is 3.76.